The van der Waals surface area contributed by atoms with E-state index < -0.39 is 29.2 Å². The minimum absolute atomic E-state index is 0.00751. The Labute approximate surface area is 147 Å². The molecule has 2 heterocycles. The molecule has 0 bridgehead atoms. The van der Waals surface area contributed by atoms with E-state index in [4.69, 9.17) is 4.74 Å². The topological polar surface area (TPSA) is 60.3 Å². The predicted molar refractivity (Wildman–Crippen MR) is 88.2 cm³/mol. The molecule has 2 aromatic rings. The molecule has 0 aliphatic carbocycles. The van der Waals surface area contributed by atoms with Gasteiger partial charge in [0, 0.05) is 19.3 Å². The number of ketones is 1. The van der Waals surface area contributed by atoms with Crippen LogP contribution in [0.1, 0.15) is 21.5 Å². The lowest BCUT2D eigenvalue weighted by Crippen LogP contribution is -2.44. The molecule has 1 aromatic heterocycles. The Morgan fingerprint density at radius 2 is 1.96 bits per heavy atom. The highest BCUT2D eigenvalue weighted by Gasteiger charge is 2.30. The molecule has 1 aromatic carbocycles. The van der Waals surface area contributed by atoms with E-state index in [9.17, 15) is 22.8 Å². The summed E-state index contributed by atoms with van der Waals surface area (Å²) in [6.07, 6.45) is -3.62. The zero-order valence-corrected chi connectivity index (χ0v) is 13.8. The van der Waals surface area contributed by atoms with Crippen molar-refractivity contribution in [3.8, 4) is 0 Å². The standard InChI is InChI=1S/C18H17F3N2O3/c19-18(20,21)13-5-3-12(4-6-13)11-23-8-1-2-14(17(23)25)16(24)15-10-22-7-9-26-15/h1-6,8,15,22H,7,9-11H2. The second-order valence-corrected chi connectivity index (χ2v) is 5.98. The molecule has 3 rings (SSSR count). The van der Waals surface area contributed by atoms with Gasteiger partial charge in [0.25, 0.3) is 5.56 Å². The first-order valence-electron chi connectivity index (χ1n) is 8.08. The highest BCUT2D eigenvalue weighted by Crippen LogP contribution is 2.29. The molecular weight excluding hydrogens is 349 g/mol. The van der Waals surface area contributed by atoms with Gasteiger partial charge in [0.2, 0.25) is 0 Å². The van der Waals surface area contributed by atoms with Gasteiger partial charge in [0.1, 0.15) is 6.10 Å². The summed E-state index contributed by atoms with van der Waals surface area (Å²) in [5.74, 6) is -0.399. The van der Waals surface area contributed by atoms with Crippen LogP contribution >= 0.6 is 0 Å². The first-order chi connectivity index (χ1) is 12.4. The fraction of sp³-hybridized carbons (Fsp3) is 0.333. The van der Waals surface area contributed by atoms with Crippen molar-refractivity contribution in [3.63, 3.8) is 0 Å². The Balaban J connectivity index is 1.81. The second kappa shape index (κ2) is 7.43. The summed E-state index contributed by atoms with van der Waals surface area (Å²) in [6.45, 7) is 1.45. The number of nitrogens with one attached hydrogen (secondary N) is 1. The summed E-state index contributed by atoms with van der Waals surface area (Å²) in [5.41, 5.74) is -0.709. The largest absolute Gasteiger partial charge is 0.416 e. The number of aromatic nitrogens is 1. The molecule has 1 saturated heterocycles. The minimum atomic E-state index is -4.41. The number of ether oxygens (including phenoxy) is 1. The summed E-state index contributed by atoms with van der Waals surface area (Å²) < 4.78 is 44.5. The minimum Gasteiger partial charge on any atom is -0.367 e. The van der Waals surface area contributed by atoms with Crippen molar-refractivity contribution in [2.24, 2.45) is 0 Å². The van der Waals surface area contributed by atoms with Crippen LogP contribution in [-0.4, -0.2) is 36.2 Å². The first-order valence-corrected chi connectivity index (χ1v) is 8.08. The Morgan fingerprint density at radius 1 is 1.23 bits per heavy atom. The van der Waals surface area contributed by atoms with Crippen molar-refractivity contribution < 1.29 is 22.7 Å². The van der Waals surface area contributed by atoms with E-state index in [1.807, 2.05) is 0 Å². The number of nitrogens with zero attached hydrogens (tertiary/aromatic N) is 1. The van der Waals surface area contributed by atoms with Gasteiger partial charge in [0.05, 0.1) is 24.3 Å². The number of Topliss-reactive ketones (excluding diaryl/α,β-unsaturated/α-hetero) is 1. The van der Waals surface area contributed by atoms with E-state index in [0.29, 0.717) is 25.3 Å². The predicted octanol–water partition coefficient (Wildman–Crippen LogP) is 2.09. The van der Waals surface area contributed by atoms with Crippen LogP contribution in [0.4, 0.5) is 13.2 Å². The lowest BCUT2D eigenvalue weighted by Gasteiger charge is -2.22. The molecule has 5 nitrogen and oxygen atoms in total. The Hall–Kier alpha value is -2.45. The molecule has 1 fully saturated rings. The molecule has 0 saturated carbocycles. The quantitative estimate of drug-likeness (QED) is 0.842. The van der Waals surface area contributed by atoms with Gasteiger partial charge in [-0.3, -0.25) is 9.59 Å². The van der Waals surface area contributed by atoms with Crippen LogP contribution in [0.5, 0.6) is 0 Å². The molecule has 1 unspecified atom stereocenters. The molecule has 138 valence electrons. The molecule has 8 heteroatoms. The second-order valence-electron chi connectivity index (χ2n) is 5.98. The third-order valence-corrected chi connectivity index (χ3v) is 4.14. The van der Waals surface area contributed by atoms with Crippen LogP contribution in [0.2, 0.25) is 0 Å². The average Bonchev–Trinajstić information content (AvgIpc) is 2.63. The SMILES string of the molecule is O=C(c1cccn(Cc2ccc(C(F)(F)F)cc2)c1=O)C1CNCCO1. The summed E-state index contributed by atoms with van der Waals surface area (Å²) in [4.78, 5) is 25.0. The summed E-state index contributed by atoms with van der Waals surface area (Å²) >= 11 is 0. The molecule has 0 spiro atoms. The average molecular weight is 366 g/mol. The molecule has 0 amide bonds. The van der Waals surface area contributed by atoms with Crippen LogP contribution in [0.3, 0.4) is 0 Å². The summed E-state index contributed by atoms with van der Waals surface area (Å²) in [5, 5.41) is 3.03. The number of pyridine rings is 1. The number of rotatable bonds is 4. The van der Waals surface area contributed by atoms with E-state index in [2.05, 4.69) is 5.32 Å². The van der Waals surface area contributed by atoms with Crippen molar-refractivity contribution in [2.45, 2.75) is 18.8 Å². The molecular formula is C18H17F3N2O3. The van der Waals surface area contributed by atoms with Crippen molar-refractivity contribution >= 4 is 5.78 Å². The lowest BCUT2D eigenvalue weighted by molar-refractivity contribution is -0.137. The fourth-order valence-electron chi connectivity index (χ4n) is 2.75. The molecule has 26 heavy (non-hydrogen) atoms. The Morgan fingerprint density at radius 3 is 2.58 bits per heavy atom. The van der Waals surface area contributed by atoms with E-state index in [-0.39, 0.29) is 12.1 Å². The number of morpholine rings is 1. The molecule has 1 aliphatic rings. The normalized spacial score (nSPS) is 17.9. The highest BCUT2D eigenvalue weighted by atomic mass is 19.4. The third-order valence-electron chi connectivity index (χ3n) is 4.14. The number of carbonyl (C=O) groups excluding carboxylic acids is 1. The number of carbonyl (C=O) groups is 1. The summed E-state index contributed by atoms with van der Waals surface area (Å²) in [6, 6.07) is 7.57. The van der Waals surface area contributed by atoms with Crippen LogP contribution in [-0.2, 0) is 17.5 Å². The van der Waals surface area contributed by atoms with Gasteiger partial charge in [-0.05, 0) is 29.8 Å². The molecule has 1 aliphatic heterocycles. The maximum Gasteiger partial charge on any atom is 0.416 e. The maximum atomic E-state index is 12.6. The van der Waals surface area contributed by atoms with Gasteiger partial charge in [-0.15, -0.1) is 0 Å². The van der Waals surface area contributed by atoms with Gasteiger partial charge < -0.3 is 14.6 Å². The fourth-order valence-corrected chi connectivity index (χ4v) is 2.75. The zero-order chi connectivity index (χ0) is 18.7. The molecule has 1 atom stereocenters. The Bertz CT molecular complexity index is 838. The van der Waals surface area contributed by atoms with Crippen molar-refractivity contribution in [1.82, 2.24) is 9.88 Å². The smallest absolute Gasteiger partial charge is 0.367 e. The molecule has 0 radical (unpaired) electrons. The number of benzene rings is 1. The van der Waals surface area contributed by atoms with E-state index in [0.717, 1.165) is 12.1 Å². The zero-order valence-electron chi connectivity index (χ0n) is 13.8. The van der Waals surface area contributed by atoms with Crippen LogP contribution in [0.25, 0.3) is 0 Å². The summed E-state index contributed by atoms with van der Waals surface area (Å²) in [7, 11) is 0. The Kier molecular flexibility index (Phi) is 5.24. The van der Waals surface area contributed by atoms with E-state index in [1.54, 1.807) is 6.07 Å². The van der Waals surface area contributed by atoms with Crippen molar-refractivity contribution in [1.29, 1.82) is 0 Å². The third kappa shape index (κ3) is 4.03. The van der Waals surface area contributed by atoms with Gasteiger partial charge >= 0.3 is 6.18 Å². The van der Waals surface area contributed by atoms with Gasteiger partial charge in [-0.1, -0.05) is 12.1 Å². The highest BCUT2D eigenvalue weighted by molar-refractivity contribution is 5.99. The van der Waals surface area contributed by atoms with Crippen LogP contribution in [0, 0.1) is 0 Å². The number of hydrogen-bond donors (Lipinski definition) is 1. The number of alkyl halides is 3. The monoisotopic (exact) mass is 366 g/mol. The molecule has 1 N–H and O–H groups in total. The van der Waals surface area contributed by atoms with Crippen LogP contribution in [0.15, 0.2) is 47.4 Å². The van der Waals surface area contributed by atoms with Crippen molar-refractivity contribution in [3.05, 3.63) is 69.6 Å². The van der Waals surface area contributed by atoms with Gasteiger partial charge in [-0.25, -0.2) is 0 Å². The van der Waals surface area contributed by atoms with E-state index in [1.165, 1.54) is 29.0 Å². The maximum absolute atomic E-state index is 12.6. The van der Waals surface area contributed by atoms with Gasteiger partial charge in [-0.2, -0.15) is 13.2 Å². The number of hydrogen-bond acceptors (Lipinski definition) is 4. The van der Waals surface area contributed by atoms with Crippen LogP contribution < -0.4 is 10.9 Å². The van der Waals surface area contributed by atoms with E-state index >= 15 is 0 Å². The lowest BCUT2D eigenvalue weighted by atomic mass is 10.1. The number of halogens is 3. The first kappa shape index (κ1) is 18.3. The van der Waals surface area contributed by atoms with Gasteiger partial charge in [0.15, 0.2) is 5.78 Å². The van der Waals surface area contributed by atoms with Crippen molar-refractivity contribution in [2.75, 3.05) is 19.7 Å².